The molecule has 2 heterocycles. The molecule has 0 spiro atoms. The van der Waals surface area contributed by atoms with Crippen LogP contribution in [0.25, 0.3) is 0 Å². The molecule has 2 aromatic rings. The van der Waals surface area contributed by atoms with Crippen LogP contribution in [0.15, 0.2) is 36.4 Å². The van der Waals surface area contributed by atoms with Crippen molar-refractivity contribution in [3.63, 3.8) is 0 Å². The lowest BCUT2D eigenvalue weighted by Crippen LogP contribution is -2.42. The smallest absolute Gasteiger partial charge is 0.336 e. The Bertz CT molecular complexity index is 1200. The Morgan fingerprint density at radius 2 is 1.16 bits per heavy atom. The third kappa shape index (κ3) is 10.3. The number of aliphatic hydroxyl groups is 2. The number of aliphatic carboxylic acids is 3. The van der Waals surface area contributed by atoms with Gasteiger partial charge in [-0.3, -0.25) is 9.59 Å². The molecule has 4 rings (SSSR count). The summed E-state index contributed by atoms with van der Waals surface area (Å²) in [6.45, 7) is 1.53. The van der Waals surface area contributed by atoms with Gasteiger partial charge in [0.1, 0.15) is 0 Å². The van der Waals surface area contributed by atoms with Crippen molar-refractivity contribution in [3.8, 4) is 23.0 Å². The topological polar surface area (TPSA) is 193 Å². The molecule has 2 aliphatic rings. The van der Waals surface area contributed by atoms with Crippen LogP contribution in [0.2, 0.25) is 0 Å². The molecule has 0 bridgehead atoms. The van der Waals surface area contributed by atoms with E-state index in [9.17, 15) is 19.5 Å². The molecule has 0 saturated carbocycles. The van der Waals surface area contributed by atoms with Crippen LogP contribution in [0.4, 0.5) is 0 Å². The van der Waals surface area contributed by atoms with Crippen molar-refractivity contribution in [1.29, 1.82) is 0 Å². The lowest BCUT2D eigenvalue weighted by atomic mass is 9.85. The van der Waals surface area contributed by atoms with Crippen LogP contribution in [0.5, 0.6) is 23.0 Å². The Morgan fingerprint density at radius 1 is 0.721 bits per heavy atom. The number of aryl methyl sites for hydroxylation is 2. The molecule has 2 aliphatic heterocycles. The first-order valence-electron chi connectivity index (χ1n) is 13.8. The molecule has 13 nitrogen and oxygen atoms in total. The van der Waals surface area contributed by atoms with E-state index in [-0.39, 0.29) is 13.6 Å². The van der Waals surface area contributed by atoms with E-state index in [4.69, 9.17) is 39.4 Å². The van der Waals surface area contributed by atoms with Crippen LogP contribution >= 0.6 is 0 Å². The number of carbonyl (C=O) groups is 3. The first-order valence-corrected chi connectivity index (χ1v) is 13.8. The van der Waals surface area contributed by atoms with Crippen molar-refractivity contribution in [2.45, 2.75) is 62.6 Å². The van der Waals surface area contributed by atoms with E-state index in [1.165, 1.54) is 0 Å². The van der Waals surface area contributed by atoms with Crippen molar-refractivity contribution in [3.05, 3.63) is 47.5 Å². The van der Waals surface area contributed by atoms with E-state index in [0.29, 0.717) is 12.8 Å². The SMILES string of the molecule is CN(C)CCCC(O)(CCc1ccc2c(c1)OCO2)CCc1ccc2c(c1)OCO2.O=C(O)CC(O)(CC(=O)O)C(=O)O. The second-order valence-corrected chi connectivity index (χ2v) is 11.0. The molecule has 2 aromatic carbocycles. The Morgan fingerprint density at radius 3 is 1.56 bits per heavy atom. The summed E-state index contributed by atoms with van der Waals surface area (Å²) < 4.78 is 21.8. The molecule has 0 aliphatic carbocycles. The summed E-state index contributed by atoms with van der Waals surface area (Å²) in [4.78, 5) is 32.6. The average Bonchev–Trinajstić information content (AvgIpc) is 3.59. The van der Waals surface area contributed by atoms with Crippen molar-refractivity contribution in [2.75, 3.05) is 34.2 Å². The predicted octanol–water partition coefficient (Wildman–Crippen LogP) is 2.53. The summed E-state index contributed by atoms with van der Waals surface area (Å²) >= 11 is 0. The number of nitrogens with zero attached hydrogens (tertiary/aromatic N) is 1. The second kappa shape index (κ2) is 14.9. The van der Waals surface area contributed by atoms with Crippen molar-refractivity contribution in [2.24, 2.45) is 0 Å². The number of rotatable bonds is 15. The minimum Gasteiger partial charge on any atom is -0.481 e. The summed E-state index contributed by atoms with van der Waals surface area (Å²) in [7, 11) is 4.14. The summed E-state index contributed by atoms with van der Waals surface area (Å²) in [5, 5.41) is 45.3. The number of fused-ring (bicyclic) bond motifs is 2. The maximum Gasteiger partial charge on any atom is 0.336 e. The number of benzene rings is 2. The summed E-state index contributed by atoms with van der Waals surface area (Å²) in [5.41, 5.74) is -1.14. The maximum absolute atomic E-state index is 11.5. The van der Waals surface area contributed by atoms with Crippen molar-refractivity contribution >= 4 is 17.9 Å². The fourth-order valence-electron chi connectivity index (χ4n) is 4.76. The molecule has 0 fully saturated rings. The van der Waals surface area contributed by atoms with Gasteiger partial charge in [-0.25, -0.2) is 4.79 Å². The quantitative estimate of drug-likeness (QED) is 0.199. The van der Waals surface area contributed by atoms with Crippen LogP contribution in [0, 0.1) is 0 Å². The lowest BCUT2D eigenvalue weighted by Gasteiger charge is -2.29. The predicted molar refractivity (Wildman–Crippen MR) is 152 cm³/mol. The number of carboxylic acid groups (broad SMARTS) is 3. The Labute approximate surface area is 249 Å². The van der Waals surface area contributed by atoms with Gasteiger partial charge in [-0.05, 0) is 94.6 Å². The molecule has 0 amide bonds. The molecular formula is C30H39NO12. The van der Waals surface area contributed by atoms with Crippen LogP contribution in [0.3, 0.4) is 0 Å². The zero-order valence-electron chi connectivity index (χ0n) is 24.3. The van der Waals surface area contributed by atoms with E-state index in [1.807, 2.05) is 24.3 Å². The highest BCUT2D eigenvalue weighted by Gasteiger charge is 2.40. The standard InChI is InChI=1S/C24H31NO5.C6H8O7/c1-25(2)13-3-10-24(26,11-8-18-4-6-20-22(14-18)29-16-27-20)12-9-19-5-7-21-23(15-19)30-17-28-21;7-3(8)1-6(13,5(11)12)2-4(9)10/h4-7,14-15,26H,3,8-13,16-17H2,1-2H3;13H,1-2H2,(H,7,8)(H,9,10)(H,11,12). The normalized spacial score (nSPS) is 13.4. The summed E-state index contributed by atoms with van der Waals surface area (Å²) in [5.74, 6) is -1.84. The fraction of sp³-hybridized carbons (Fsp3) is 0.500. The molecule has 0 saturated heterocycles. The van der Waals surface area contributed by atoms with E-state index >= 15 is 0 Å². The van der Waals surface area contributed by atoms with Gasteiger partial charge in [-0.2, -0.15) is 0 Å². The second-order valence-electron chi connectivity index (χ2n) is 11.0. The molecule has 0 unspecified atom stereocenters. The number of hydrogen-bond acceptors (Lipinski definition) is 10. The molecule has 236 valence electrons. The van der Waals surface area contributed by atoms with Crippen LogP contribution in [-0.4, -0.2) is 93.8 Å². The van der Waals surface area contributed by atoms with Gasteiger partial charge in [0, 0.05) is 0 Å². The minimum atomic E-state index is -2.74. The van der Waals surface area contributed by atoms with Gasteiger partial charge in [0.05, 0.1) is 18.4 Å². The van der Waals surface area contributed by atoms with Gasteiger partial charge in [0.2, 0.25) is 13.6 Å². The average molecular weight is 606 g/mol. The van der Waals surface area contributed by atoms with Gasteiger partial charge < -0.3 is 49.4 Å². The minimum absolute atomic E-state index is 0.281. The van der Waals surface area contributed by atoms with Gasteiger partial charge in [-0.1, -0.05) is 12.1 Å². The molecule has 0 atom stereocenters. The molecule has 0 aromatic heterocycles. The lowest BCUT2D eigenvalue weighted by molar-refractivity contribution is -0.170. The van der Waals surface area contributed by atoms with E-state index in [0.717, 1.165) is 66.4 Å². The number of ether oxygens (including phenoxy) is 4. The van der Waals surface area contributed by atoms with Gasteiger partial charge in [0.25, 0.3) is 0 Å². The number of hydrogen-bond donors (Lipinski definition) is 5. The Hall–Kier alpha value is -4.07. The highest BCUT2D eigenvalue weighted by molar-refractivity contribution is 5.88. The van der Waals surface area contributed by atoms with Gasteiger partial charge in [-0.15, -0.1) is 0 Å². The zero-order chi connectivity index (χ0) is 31.6. The third-order valence-electron chi connectivity index (χ3n) is 7.16. The van der Waals surface area contributed by atoms with E-state index in [2.05, 4.69) is 31.1 Å². The summed E-state index contributed by atoms with van der Waals surface area (Å²) in [6, 6.07) is 12.1. The maximum atomic E-state index is 11.5. The van der Waals surface area contributed by atoms with Gasteiger partial charge >= 0.3 is 17.9 Å². The molecule has 13 heteroatoms. The third-order valence-corrected chi connectivity index (χ3v) is 7.16. The molecule has 43 heavy (non-hydrogen) atoms. The largest absolute Gasteiger partial charge is 0.481 e. The van der Waals surface area contributed by atoms with Crippen molar-refractivity contribution < 1.29 is 58.9 Å². The zero-order valence-corrected chi connectivity index (χ0v) is 24.3. The Balaban J connectivity index is 0.000000331. The van der Waals surface area contributed by atoms with E-state index in [1.54, 1.807) is 0 Å². The fourth-order valence-corrected chi connectivity index (χ4v) is 4.76. The first kappa shape index (κ1) is 33.4. The van der Waals surface area contributed by atoms with Crippen LogP contribution in [-0.2, 0) is 27.2 Å². The van der Waals surface area contributed by atoms with Crippen LogP contribution in [0.1, 0.15) is 49.7 Å². The van der Waals surface area contributed by atoms with Crippen LogP contribution < -0.4 is 18.9 Å². The molecular weight excluding hydrogens is 566 g/mol. The monoisotopic (exact) mass is 605 g/mol. The molecule has 0 radical (unpaired) electrons. The van der Waals surface area contributed by atoms with E-state index < -0.39 is 42.0 Å². The summed E-state index contributed by atoms with van der Waals surface area (Å²) in [6.07, 6.45) is 2.48. The first-order chi connectivity index (χ1) is 20.3. The highest BCUT2D eigenvalue weighted by Crippen LogP contribution is 2.36. The van der Waals surface area contributed by atoms with Gasteiger partial charge in [0.15, 0.2) is 28.6 Å². The molecule has 5 N–H and O–H groups in total. The highest BCUT2D eigenvalue weighted by atomic mass is 16.7. The number of carboxylic acids is 3. The Kier molecular flexibility index (Phi) is 11.6. The van der Waals surface area contributed by atoms with Crippen molar-refractivity contribution in [1.82, 2.24) is 4.90 Å².